The molecular formula is C30H36FN5O3. The molecule has 0 aliphatic carbocycles. The fraction of sp³-hybridized carbons (Fsp3) is 0.300. The van der Waals surface area contributed by atoms with Gasteiger partial charge < -0.3 is 19.9 Å². The highest BCUT2D eigenvalue weighted by molar-refractivity contribution is 6.06. The smallest absolute Gasteiger partial charge is 0.256 e. The van der Waals surface area contributed by atoms with Crippen molar-refractivity contribution >= 4 is 41.0 Å². The molecule has 0 unspecified atom stereocenters. The van der Waals surface area contributed by atoms with Crippen molar-refractivity contribution in [2.24, 2.45) is 0 Å². The number of nitrogens with zero attached hydrogens (tertiary/aromatic N) is 3. The molecule has 0 spiro atoms. The lowest BCUT2D eigenvalue weighted by molar-refractivity contribution is -0.129. The molecule has 1 fully saturated rings. The SMILES string of the molecule is C=Cc1[nH]nc(NC(=O)c2cccc(N3CCN(C)C(=O)C3)c2)c1/C=C(\C)c1c(F)cccc1OC.CCC. The zero-order valence-corrected chi connectivity index (χ0v) is 23.2. The lowest BCUT2D eigenvalue weighted by atomic mass is 10.0. The van der Waals surface area contributed by atoms with Gasteiger partial charge in [0.1, 0.15) is 11.6 Å². The fourth-order valence-corrected chi connectivity index (χ4v) is 4.11. The van der Waals surface area contributed by atoms with Crippen LogP contribution in [0.4, 0.5) is 15.9 Å². The molecule has 2 aromatic carbocycles. The van der Waals surface area contributed by atoms with Gasteiger partial charge in [-0.1, -0.05) is 39.0 Å². The molecule has 1 saturated heterocycles. The second kappa shape index (κ2) is 13.4. The van der Waals surface area contributed by atoms with Crippen LogP contribution in [0.25, 0.3) is 17.7 Å². The van der Waals surface area contributed by atoms with Crippen LogP contribution in [0.15, 0.2) is 49.0 Å². The third kappa shape index (κ3) is 6.93. The Morgan fingerprint density at radius 3 is 2.62 bits per heavy atom. The summed E-state index contributed by atoms with van der Waals surface area (Å²) in [7, 11) is 3.26. The van der Waals surface area contributed by atoms with Gasteiger partial charge in [0.2, 0.25) is 5.91 Å². The maximum Gasteiger partial charge on any atom is 0.256 e. The Hall–Kier alpha value is -4.40. The molecule has 3 aromatic rings. The molecule has 0 bridgehead atoms. The highest BCUT2D eigenvalue weighted by Crippen LogP contribution is 2.32. The highest BCUT2D eigenvalue weighted by Gasteiger charge is 2.22. The lowest BCUT2D eigenvalue weighted by Crippen LogP contribution is -2.48. The van der Waals surface area contributed by atoms with Gasteiger partial charge in [0.25, 0.3) is 5.91 Å². The number of hydrogen-bond acceptors (Lipinski definition) is 5. The first-order valence-corrected chi connectivity index (χ1v) is 12.9. The van der Waals surface area contributed by atoms with Crippen molar-refractivity contribution in [2.75, 3.05) is 44.0 Å². The van der Waals surface area contributed by atoms with Crippen LogP contribution in [0.5, 0.6) is 5.75 Å². The van der Waals surface area contributed by atoms with E-state index in [4.69, 9.17) is 4.74 Å². The van der Waals surface area contributed by atoms with Crippen molar-refractivity contribution in [3.8, 4) is 5.75 Å². The standard InChI is InChI=1S/C27H28FN5O3.C3H8/c1-5-22-20(14-17(2)25-21(28)10-7-11-23(25)36-4)26(31-30-22)29-27(35)18-8-6-9-19(15-18)33-13-12-32(3)24(34)16-33;1-3-2/h5-11,14-15H,1,12-13,16H2,2-4H3,(H2,29,30,31,35);3H2,1-2H3/b17-14+;. The molecule has 1 aliphatic rings. The van der Waals surface area contributed by atoms with Gasteiger partial charge >= 0.3 is 0 Å². The number of benzene rings is 2. The van der Waals surface area contributed by atoms with Crippen LogP contribution in [0.1, 0.15) is 54.4 Å². The molecule has 8 nitrogen and oxygen atoms in total. The monoisotopic (exact) mass is 533 g/mol. The molecule has 206 valence electrons. The number of piperazine rings is 1. The van der Waals surface area contributed by atoms with Crippen molar-refractivity contribution in [1.82, 2.24) is 15.1 Å². The molecule has 0 radical (unpaired) electrons. The van der Waals surface area contributed by atoms with Crippen molar-refractivity contribution in [2.45, 2.75) is 27.2 Å². The summed E-state index contributed by atoms with van der Waals surface area (Å²) < 4.78 is 19.9. The molecule has 0 atom stereocenters. The van der Waals surface area contributed by atoms with E-state index in [0.29, 0.717) is 46.8 Å². The Kier molecular flexibility index (Phi) is 10.0. The number of aromatic nitrogens is 2. The average molecular weight is 534 g/mol. The van der Waals surface area contributed by atoms with Crippen molar-refractivity contribution < 1.29 is 18.7 Å². The molecular weight excluding hydrogens is 497 g/mol. The second-order valence-corrected chi connectivity index (χ2v) is 9.20. The van der Waals surface area contributed by atoms with Gasteiger partial charge in [-0.15, -0.1) is 0 Å². The van der Waals surface area contributed by atoms with E-state index in [0.717, 1.165) is 5.69 Å². The highest BCUT2D eigenvalue weighted by atomic mass is 19.1. The Morgan fingerprint density at radius 1 is 1.23 bits per heavy atom. The fourth-order valence-electron chi connectivity index (χ4n) is 4.11. The molecule has 2 heterocycles. The number of methoxy groups -OCH3 is 1. The maximum absolute atomic E-state index is 14.6. The van der Waals surface area contributed by atoms with Crippen LogP contribution < -0.4 is 15.0 Å². The summed E-state index contributed by atoms with van der Waals surface area (Å²) in [4.78, 5) is 28.9. The Bertz CT molecular complexity index is 1360. The summed E-state index contributed by atoms with van der Waals surface area (Å²) in [6.45, 7) is 11.4. The van der Waals surface area contributed by atoms with Crippen LogP contribution in [0, 0.1) is 5.82 Å². The van der Waals surface area contributed by atoms with Crippen LogP contribution >= 0.6 is 0 Å². The summed E-state index contributed by atoms with van der Waals surface area (Å²) in [6, 6.07) is 11.7. The summed E-state index contributed by atoms with van der Waals surface area (Å²) in [6.07, 6.45) is 4.55. The summed E-state index contributed by atoms with van der Waals surface area (Å²) in [5.74, 6) is -0.0727. The molecule has 39 heavy (non-hydrogen) atoms. The van der Waals surface area contributed by atoms with Crippen molar-refractivity contribution in [1.29, 1.82) is 0 Å². The summed E-state index contributed by atoms with van der Waals surface area (Å²) in [5, 5.41) is 9.92. The number of allylic oxidation sites excluding steroid dienone is 1. The van der Waals surface area contributed by atoms with Gasteiger partial charge in [0.15, 0.2) is 5.82 Å². The molecule has 2 amide bonds. The number of ether oxygens (including phenoxy) is 1. The number of anilines is 2. The van der Waals surface area contributed by atoms with Crippen molar-refractivity contribution in [3.63, 3.8) is 0 Å². The van der Waals surface area contributed by atoms with E-state index in [-0.39, 0.29) is 24.2 Å². The van der Waals surface area contributed by atoms with Crippen LogP contribution in [-0.2, 0) is 4.79 Å². The van der Waals surface area contributed by atoms with E-state index in [1.54, 1.807) is 61.4 Å². The molecule has 2 N–H and O–H groups in total. The first kappa shape index (κ1) is 29.2. The minimum atomic E-state index is -0.420. The predicted molar refractivity (Wildman–Crippen MR) is 155 cm³/mol. The second-order valence-electron chi connectivity index (χ2n) is 9.20. The van der Waals surface area contributed by atoms with E-state index in [9.17, 15) is 14.0 Å². The van der Waals surface area contributed by atoms with Gasteiger partial charge in [-0.05, 0) is 55.0 Å². The Balaban J connectivity index is 0.00000134. The van der Waals surface area contributed by atoms with Crippen LogP contribution in [0.2, 0.25) is 0 Å². The number of rotatable bonds is 7. The van der Waals surface area contributed by atoms with Gasteiger partial charge in [-0.2, -0.15) is 5.10 Å². The third-order valence-electron chi connectivity index (χ3n) is 6.15. The average Bonchev–Trinajstić information content (AvgIpc) is 3.31. The van der Waals surface area contributed by atoms with Gasteiger partial charge in [-0.25, -0.2) is 4.39 Å². The number of H-pyrrole nitrogens is 1. The zero-order valence-electron chi connectivity index (χ0n) is 23.2. The van der Waals surface area contributed by atoms with Crippen LogP contribution in [-0.4, -0.2) is 60.7 Å². The lowest BCUT2D eigenvalue weighted by Gasteiger charge is -2.33. The summed E-state index contributed by atoms with van der Waals surface area (Å²) in [5.41, 5.74) is 3.26. The minimum absolute atomic E-state index is 0.0304. The van der Waals surface area contributed by atoms with Crippen molar-refractivity contribution in [3.05, 3.63) is 77.2 Å². The normalized spacial score (nSPS) is 13.5. The largest absolute Gasteiger partial charge is 0.496 e. The summed E-state index contributed by atoms with van der Waals surface area (Å²) >= 11 is 0. The third-order valence-corrected chi connectivity index (χ3v) is 6.15. The Labute approximate surface area is 229 Å². The molecule has 1 aliphatic heterocycles. The topological polar surface area (TPSA) is 90.6 Å². The first-order valence-electron chi connectivity index (χ1n) is 12.9. The zero-order chi connectivity index (χ0) is 28.5. The van der Waals surface area contributed by atoms with E-state index in [1.165, 1.54) is 19.6 Å². The first-order chi connectivity index (χ1) is 18.7. The number of likely N-dealkylation sites (N-methyl/N-ethyl adjacent to an activating group) is 1. The minimum Gasteiger partial charge on any atom is -0.496 e. The van der Waals surface area contributed by atoms with Gasteiger partial charge in [-0.3, -0.25) is 14.7 Å². The van der Waals surface area contributed by atoms with E-state index >= 15 is 0 Å². The van der Waals surface area contributed by atoms with Gasteiger partial charge in [0.05, 0.1) is 24.9 Å². The van der Waals surface area contributed by atoms with E-state index in [2.05, 4.69) is 35.9 Å². The molecule has 1 aromatic heterocycles. The van der Waals surface area contributed by atoms with Gasteiger partial charge in [0, 0.05) is 37.0 Å². The van der Waals surface area contributed by atoms with Crippen LogP contribution in [0.3, 0.4) is 0 Å². The number of carbonyl (C=O) groups excluding carboxylic acids is 2. The predicted octanol–water partition coefficient (Wildman–Crippen LogP) is 5.71. The Morgan fingerprint density at radius 2 is 1.95 bits per heavy atom. The number of amides is 2. The number of nitrogens with one attached hydrogen (secondary N) is 2. The number of halogens is 1. The molecule has 0 saturated carbocycles. The number of hydrogen-bond donors (Lipinski definition) is 2. The van der Waals surface area contributed by atoms with E-state index < -0.39 is 5.82 Å². The molecule has 4 rings (SSSR count). The number of aromatic amines is 1. The quantitative estimate of drug-likeness (QED) is 0.406. The molecule has 9 heteroatoms. The number of carbonyl (C=O) groups is 2. The maximum atomic E-state index is 14.6. The van der Waals surface area contributed by atoms with E-state index in [1.807, 2.05) is 11.0 Å².